The van der Waals surface area contributed by atoms with Gasteiger partial charge in [0.2, 0.25) is 0 Å². The fourth-order valence-corrected chi connectivity index (χ4v) is 2.71. The Morgan fingerprint density at radius 1 is 1.09 bits per heavy atom. The molecular formula is C19H22ClFO2. The molecule has 2 aromatic rings. The van der Waals surface area contributed by atoms with Crippen LogP contribution in [0.15, 0.2) is 42.5 Å². The van der Waals surface area contributed by atoms with Crippen LogP contribution < -0.4 is 4.74 Å². The normalized spacial score (nSPS) is 12.4. The van der Waals surface area contributed by atoms with Crippen LogP contribution in [0.2, 0.25) is 5.02 Å². The molecule has 23 heavy (non-hydrogen) atoms. The van der Waals surface area contributed by atoms with E-state index in [9.17, 15) is 4.39 Å². The summed E-state index contributed by atoms with van der Waals surface area (Å²) in [6, 6.07) is 12.5. The topological polar surface area (TPSA) is 18.5 Å². The minimum atomic E-state index is -0.353. The highest BCUT2D eigenvalue weighted by molar-refractivity contribution is 6.31. The lowest BCUT2D eigenvalue weighted by Crippen LogP contribution is -2.12. The van der Waals surface area contributed by atoms with Crippen molar-refractivity contribution in [1.82, 2.24) is 0 Å². The molecule has 0 aliphatic carbocycles. The second-order valence-electron chi connectivity index (χ2n) is 5.86. The van der Waals surface area contributed by atoms with Gasteiger partial charge in [-0.25, -0.2) is 4.39 Å². The van der Waals surface area contributed by atoms with Crippen molar-refractivity contribution < 1.29 is 13.9 Å². The fraction of sp³-hybridized carbons (Fsp3) is 0.368. The van der Waals surface area contributed by atoms with Crippen molar-refractivity contribution in [1.29, 1.82) is 0 Å². The van der Waals surface area contributed by atoms with Gasteiger partial charge in [-0.05, 0) is 35.7 Å². The maximum atomic E-state index is 13.7. The first-order chi connectivity index (χ1) is 11.0. The van der Waals surface area contributed by atoms with E-state index in [1.54, 1.807) is 19.2 Å². The lowest BCUT2D eigenvalue weighted by molar-refractivity contribution is 0.162. The Morgan fingerprint density at radius 3 is 2.35 bits per heavy atom. The van der Waals surface area contributed by atoms with E-state index in [4.69, 9.17) is 21.1 Å². The molecule has 0 bridgehead atoms. The summed E-state index contributed by atoms with van der Waals surface area (Å²) in [7, 11) is 1.71. The summed E-state index contributed by atoms with van der Waals surface area (Å²) in [5.74, 6) is 1.16. The zero-order valence-corrected chi connectivity index (χ0v) is 14.4. The first-order valence-electron chi connectivity index (χ1n) is 7.67. The van der Waals surface area contributed by atoms with E-state index in [0.717, 1.165) is 0 Å². The van der Waals surface area contributed by atoms with E-state index in [1.807, 2.05) is 24.3 Å². The van der Waals surface area contributed by atoms with Crippen molar-refractivity contribution >= 4 is 11.6 Å². The molecule has 0 heterocycles. The molecule has 0 aliphatic rings. The number of hydrogen-bond donors (Lipinski definition) is 0. The van der Waals surface area contributed by atoms with Crippen molar-refractivity contribution in [2.45, 2.75) is 26.4 Å². The largest absolute Gasteiger partial charge is 0.489 e. The Bertz CT molecular complexity index is 606. The SMILES string of the molecule is COC[C@H](c1ccc(OCc2c(F)cccc2Cl)cc1)C(C)C. The van der Waals surface area contributed by atoms with Crippen LogP contribution in [0, 0.1) is 11.7 Å². The molecule has 2 rings (SSSR count). The smallest absolute Gasteiger partial charge is 0.131 e. The lowest BCUT2D eigenvalue weighted by Gasteiger charge is -2.20. The van der Waals surface area contributed by atoms with Crippen molar-refractivity contribution in [2.75, 3.05) is 13.7 Å². The molecule has 4 heteroatoms. The molecule has 0 spiro atoms. The summed E-state index contributed by atoms with van der Waals surface area (Å²) in [6.45, 7) is 5.14. The number of benzene rings is 2. The highest BCUT2D eigenvalue weighted by Crippen LogP contribution is 2.27. The van der Waals surface area contributed by atoms with Gasteiger partial charge in [0, 0.05) is 18.6 Å². The van der Waals surface area contributed by atoms with Gasteiger partial charge in [0.05, 0.1) is 11.6 Å². The number of methoxy groups -OCH3 is 1. The van der Waals surface area contributed by atoms with Crippen LogP contribution in [0.4, 0.5) is 4.39 Å². The summed E-state index contributed by atoms with van der Waals surface area (Å²) >= 11 is 6.00. The van der Waals surface area contributed by atoms with E-state index in [2.05, 4.69) is 13.8 Å². The molecule has 0 aromatic heterocycles. The molecule has 0 fully saturated rings. The maximum absolute atomic E-state index is 13.7. The number of ether oxygens (including phenoxy) is 2. The zero-order chi connectivity index (χ0) is 16.8. The van der Waals surface area contributed by atoms with Crippen molar-refractivity contribution in [3.8, 4) is 5.75 Å². The summed E-state index contributed by atoms with van der Waals surface area (Å²) in [4.78, 5) is 0. The van der Waals surface area contributed by atoms with Crippen LogP contribution in [0.1, 0.15) is 30.9 Å². The first kappa shape index (κ1) is 17.8. The van der Waals surface area contributed by atoms with Crippen LogP contribution in [-0.2, 0) is 11.3 Å². The second kappa shape index (κ2) is 8.32. The van der Waals surface area contributed by atoms with Gasteiger partial charge in [-0.1, -0.05) is 43.6 Å². The lowest BCUT2D eigenvalue weighted by atomic mass is 9.89. The Labute approximate surface area is 142 Å². The summed E-state index contributed by atoms with van der Waals surface area (Å²) in [5, 5.41) is 0.376. The number of hydrogen-bond acceptors (Lipinski definition) is 2. The van der Waals surface area contributed by atoms with Gasteiger partial charge in [0.15, 0.2) is 0 Å². The van der Waals surface area contributed by atoms with Crippen LogP contribution >= 0.6 is 11.6 Å². The van der Waals surface area contributed by atoms with E-state index in [0.29, 0.717) is 34.8 Å². The Balaban J connectivity index is 2.05. The van der Waals surface area contributed by atoms with Crippen LogP contribution in [-0.4, -0.2) is 13.7 Å². The molecule has 0 amide bonds. The predicted molar refractivity (Wildman–Crippen MR) is 91.6 cm³/mol. The van der Waals surface area contributed by atoms with Gasteiger partial charge in [0.25, 0.3) is 0 Å². The second-order valence-corrected chi connectivity index (χ2v) is 6.27. The van der Waals surface area contributed by atoms with Gasteiger partial charge < -0.3 is 9.47 Å². The number of halogens is 2. The minimum absolute atomic E-state index is 0.108. The molecule has 0 aliphatic heterocycles. The van der Waals surface area contributed by atoms with Gasteiger partial charge in [-0.15, -0.1) is 0 Å². The zero-order valence-electron chi connectivity index (χ0n) is 13.7. The van der Waals surface area contributed by atoms with Crippen molar-refractivity contribution in [3.05, 3.63) is 64.4 Å². The quantitative estimate of drug-likeness (QED) is 0.670. The standard InChI is InChI=1S/C19H22ClFO2/c1-13(2)16(11-22-3)14-7-9-15(10-8-14)23-12-17-18(20)5-4-6-19(17)21/h4-10,13,16H,11-12H2,1-3H3/t16-/m0/s1. The Hall–Kier alpha value is -1.58. The third-order valence-electron chi connectivity index (χ3n) is 3.90. The average molecular weight is 337 g/mol. The fourth-order valence-electron chi connectivity index (χ4n) is 2.49. The van der Waals surface area contributed by atoms with Gasteiger partial charge in [-0.2, -0.15) is 0 Å². The summed E-state index contributed by atoms with van der Waals surface area (Å²) in [5.41, 5.74) is 1.58. The summed E-state index contributed by atoms with van der Waals surface area (Å²) in [6.07, 6.45) is 0. The Morgan fingerprint density at radius 2 is 1.78 bits per heavy atom. The van der Waals surface area contributed by atoms with Crippen LogP contribution in [0.3, 0.4) is 0 Å². The predicted octanol–water partition coefficient (Wildman–Crippen LogP) is 5.44. The molecular weight excluding hydrogens is 315 g/mol. The van der Waals surface area contributed by atoms with E-state index in [-0.39, 0.29) is 12.4 Å². The van der Waals surface area contributed by atoms with E-state index in [1.165, 1.54) is 11.6 Å². The average Bonchev–Trinajstić information content (AvgIpc) is 2.52. The Kier molecular flexibility index (Phi) is 6.43. The molecule has 0 radical (unpaired) electrons. The number of rotatable bonds is 7. The molecule has 0 N–H and O–H groups in total. The molecule has 0 unspecified atom stereocenters. The van der Waals surface area contributed by atoms with Gasteiger partial charge in [-0.3, -0.25) is 0 Å². The molecule has 2 nitrogen and oxygen atoms in total. The van der Waals surface area contributed by atoms with E-state index >= 15 is 0 Å². The van der Waals surface area contributed by atoms with Crippen LogP contribution in [0.5, 0.6) is 5.75 Å². The molecule has 0 saturated carbocycles. The highest BCUT2D eigenvalue weighted by Gasteiger charge is 2.15. The third kappa shape index (κ3) is 4.69. The van der Waals surface area contributed by atoms with Crippen molar-refractivity contribution in [2.24, 2.45) is 5.92 Å². The highest BCUT2D eigenvalue weighted by atomic mass is 35.5. The van der Waals surface area contributed by atoms with Gasteiger partial charge in [0.1, 0.15) is 18.2 Å². The minimum Gasteiger partial charge on any atom is -0.489 e. The molecule has 0 saturated heterocycles. The maximum Gasteiger partial charge on any atom is 0.131 e. The molecule has 1 atom stereocenters. The van der Waals surface area contributed by atoms with E-state index < -0.39 is 0 Å². The first-order valence-corrected chi connectivity index (χ1v) is 8.05. The molecule has 124 valence electrons. The summed E-state index contributed by atoms with van der Waals surface area (Å²) < 4.78 is 24.7. The van der Waals surface area contributed by atoms with Gasteiger partial charge >= 0.3 is 0 Å². The molecule has 2 aromatic carbocycles. The van der Waals surface area contributed by atoms with Crippen LogP contribution in [0.25, 0.3) is 0 Å². The third-order valence-corrected chi connectivity index (χ3v) is 4.26. The monoisotopic (exact) mass is 336 g/mol. The van der Waals surface area contributed by atoms with Crippen molar-refractivity contribution in [3.63, 3.8) is 0 Å².